The van der Waals surface area contributed by atoms with Crippen LogP contribution in [0, 0.1) is 0 Å². The van der Waals surface area contributed by atoms with Gasteiger partial charge >= 0.3 is 0 Å². The van der Waals surface area contributed by atoms with Crippen molar-refractivity contribution in [3.8, 4) is 0 Å². The molecule has 16 heavy (non-hydrogen) atoms. The van der Waals surface area contributed by atoms with Crippen LogP contribution in [0.25, 0.3) is 6.08 Å². The fourth-order valence-electron chi connectivity index (χ4n) is 1.23. The van der Waals surface area contributed by atoms with E-state index in [0.717, 1.165) is 13.0 Å². The van der Waals surface area contributed by atoms with E-state index >= 15 is 0 Å². The molecule has 0 unspecified atom stereocenters. The van der Waals surface area contributed by atoms with E-state index in [9.17, 15) is 0 Å². The Labute approximate surface area is 97.2 Å². The zero-order valence-electron chi connectivity index (χ0n) is 9.47. The molecule has 0 saturated carbocycles. The average Bonchev–Trinajstić information content (AvgIpc) is 2.34. The highest BCUT2D eigenvalue weighted by molar-refractivity contribution is 5.48. The number of rotatable bonds is 8. The smallest absolute Gasteiger partial charge is 0.111 e. The highest BCUT2D eigenvalue weighted by Gasteiger charge is 1.86. The van der Waals surface area contributed by atoms with Crippen LogP contribution in [0.2, 0.25) is 0 Å². The summed E-state index contributed by atoms with van der Waals surface area (Å²) in [6.07, 6.45) is 6.56. The van der Waals surface area contributed by atoms with Gasteiger partial charge in [0, 0.05) is 0 Å². The third kappa shape index (κ3) is 6.04. The molecule has 0 aliphatic carbocycles. The van der Waals surface area contributed by atoms with Crippen LogP contribution in [0.1, 0.15) is 12.0 Å². The molecule has 0 aromatic heterocycles. The average molecular weight is 218 g/mol. The molecule has 2 heteroatoms. The summed E-state index contributed by atoms with van der Waals surface area (Å²) in [4.78, 5) is 0. The van der Waals surface area contributed by atoms with Crippen molar-refractivity contribution in [2.24, 2.45) is 0 Å². The maximum Gasteiger partial charge on any atom is 0.111 e. The Balaban J connectivity index is 2.03. The van der Waals surface area contributed by atoms with Crippen molar-refractivity contribution in [3.63, 3.8) is 0 Å². The fourth-order valence-corrected chi connectivity index (χ4v) is 1.23. The van der Waals surface area contributed by atoms with Crippen molar-refractivity contribution in [3.05, 3.63) is 54.8 Å². The molecule has 0 fully saturated rings. The molecule has 0 saturated heterocycles. The van der Waals surface area contributed by atoms with Crippen LogP contribution in [0.3, 0.4) is 0 Å². The van der Waals surface area contributed by atoms with Crippen molar-refractivity contribution in [1.82, 2.24) is 0 Å². The second-order valence-electron chi connectivity index (χ2n) is 3.25. The first-order valence-electron chi connectivity index (χ1n) is 5.45. The van der Waals surface area contributed by atoms with Crippen LogP contribution in [0.15, 0.2) is 49.2 Å². The minimum absolute atomic E-state index is 0.575. The normalized spacial score (nSPS) is 10.5. The molecule has 86 valence electrons. The van der Waals surface area contributed by atoms with Gasteiger partial charge in [-0.25, -0.2) is 0 Å². The summed E-state index contributed by atoms with van der Waals surface area (Å²) in [6, 6.07) is 10.2. The second-order valence-corrected chi connectivity index (χ2v) is 3.25. The van der Waals surface area contributed by atoms with Gasteiger partial charge in [0.1, 0.15) is 6.61 Å². The van der Waals surface area contributed by atoms with Gasteiger partial charge in [-0.05, 0) is 12.0 Å². The summed E-state index contributed by atoms with van der Waals surface area (Å²) in [6.45, 7) is 5.37. The van der Waals surface area contributed by atoms with Gasteiger partial charge in [0.25, 0.3) is 0 Å². The van der Waals surface area contributed by atoms with Gasteiger partial charge in [0.15, 0.2) is 0 Å². The third-order valence-corrected chi connectivity index (χ3v) is 2.00. The van der Waals surface area contributed by atoms with E-state index < -0.39 is 0 Å². The quantitative estimate of drug-likeness (QED) is 0.492. The summed E-state index contributed by atoms with van der Waals surface area (Å²) in [7, 11) is 0. The van der Waals surface area contributed by atoms with E-state index in [1.807, 2.05) is 18.2 Å². The number of benzene rings is 1. The SMILES string of the molecule is C=COCCOCCC=Cc1ccccc1. The highest BCUT2D eigenvalue weighted by Crippen LogP contribution is 2.01. The Morgan fingerprint density at radius 3 is 2.62 bits per heavy atom. The third-order valence-electron chi connectivity index (χ3n) is 2.00. The first-order valence-corrected chi connectivity index (χ1v) is 5.45. The van der Waals surface area contributed by atoms with Gasteiger partial charge in [-0.3, -0.25) is 0 Å². The Hall–Kier alpha value is -1.54. The van der Waals surface area contributed by atoms with Crippen molar-refractivity contribution >= 4 is 6.08 Å². The van der Waals surface area contributed by atoms with Crippen molar-refractivity contribution in [2.45, 2.75) is 6.42 Å². The number of ether oxygens (including phenoxy) is 2. The van der Waals surface area contributed by atoms with Crippen LogP contribution in [-0.4, -0.2) is 19.8 Å². The monoisotopic (exact) mass is 218 g/mol. The lowest BCUT2D eigenvalue weighted by Crippen LogP contribution is -2.01. The van der Waals surface area contributed by atoms with E-state index in [2.05, 4.69) is 30.9 Å². The minimum Gasteiger partial charge on any atom is -0.499 e. The molecule has 0 N–H and O–H groups in total. The maximum atomic E-state index is 5.35. The molecule has 0 aliphatic heterocycles. The molecule has 1 rings (SSSR count). The molecule has 1 aromatic carbocycles. The first kappa shape index (κ1) is 12.5. The molecule has 1 aromatic rings. The Morgan fingerprint density at radius 1 is 1.06 bits per heavy atom. The van der Waals surface area contributed by atoms with Gasteiger partial charge in [-0.2, -0.15) is 0 Å². The van der Waals surface area contributed by atoms with Crippen molar-refractivity contribution < 1.29 is 9.47 Å². The molecule has 0 amide bonds. The Morgan fingerprint density at radius 2 is 1.88 bits per heavy atom. The standard InChI is InChI=1S/C14H18O2/c1-2-15-12-13-16-11-7-6-10-14-8-4-3-5-9-14/h2-6,8-10H,1,7,11-13H2. The molecule has 2 nitrogen and oxygen atoms in total. The molecular formula is C14H18O2. The summed E-state index contributed by atoms with van der Waals surface area (Å²) >= 11 is 0. The highest BCUT2D eigenvalue weighted by atomic mass is 16.5. The van der Waals surface area contributed by atoms with Crippen molar-refractivity contribution in [1.29, 1.82) is 0 Å². The molecule has 0 spiro atoms. The van der Waals surface area contributed by atoms with E-state index in [0.29, 0.717) is 13.2 Å². The number of hydrogen-bond acceptors (Lipinski definition) is 2. The summed E-state index contributed by atoms with van der Waals surface area (Å²) in [5.41, 5.74) is 1.22. The second kappa shape index (κ2) is 8.74. The summed E-state index contributed by atoms with van der Waals surface area (Å²) < 4.78 is 10.3. The minimum atomic E-state index is 0.575. The predicted molar refractivity (Wildman–Crippen MR) is 67.1 cm³/mol. The van der Waals surface area contributed by atoms with Gasteiger partial charge < -0.3 is 9.47 Å². The Kier molecular flexibility index (Phi) is 6.85. The van der Waals surface area contributed by atoms with Crippen LogP contribution in [0.4, 0.5) is 0 Å². The summed E-state index contributed by atoms with van der Waals surface area (Å²) in [5, 5.41) is 0. The largest absolute Gasteiger partial charge is 0.499 e. The van der Waals surface area contributed by atoms with E-state index in [1.54, 1.807) is 0 Å². The molecule has 0 heterocycles. The topological polar surface area (TPSA) is 18.5 Å². The zero-order chi connectivity index (χ0) is 11.5. The zero-order valence-corrected chi connectivity index (χ0v) is 9.47. The van der Waals surface area contributed by atoms with Gasteiger partial charge in [0.05, 0.1) is 19.5 Å². The lowest BCUT2D eigenvalue weighted by Gasteiger charge is -2.01. The van der Waals surface area contributed by atoms with Crippen LogP contribution >= 0.6 is 0 Å². The lowest BCUT2D eigenvalue weighted by molar-refractivity contribution is 0.0881. The van der Waals surface area contributed by atoms with Crippen LogP contribution in [-0.2, 0) is 9.47 Å². The predicted octanol–water partition coefficient (Wildman–Crippen LogP) is 3.27. The van der Waals surface area contributed by atoms with Gasteiger partial charge in [-0.1, -0.05) is 49.1 Å². The van der Waals surface area contributed by atoms with E-state index in [1.165, 1.54) is 11.8 Å². The molecular weight excluding hydrogens is 200 g/mol. The lowest BCUT2D eigenvalue weighted by atomic mass is 10.2. The Bertz CT molecular complexity index is 304. The summed E-state index contributed by atoms with van der Waals surface area (Å²) in [5.74, 6) is 0. The van der Waals surface area contributed by atoms with Crippen LogP contribution < -0.4 is 0 Å². The van der Waals surface area contributed by atoms with E-state index in [-0.39, 0.29) is 0 Å². The fraction of sp³-hybridized carbons (Fsp3) is 0.286. The van der Waals surface area contributed by atoms with E-state index in [4.69, 9.17) is 9.47 Å². The van der Waals surface area contributed by atoms with Crippen LogP contribution in [0.5, 0.6) is 0 Å². The van der Waals surface area contributed by atoms with Crippen molar-refractivity contribution in [2.75, 3.05) is 19.8 Å². The molecule has 0 bridgehead atoms. The first-order chi connectivity index (χ1) is 7.93. The molecule has 0 aliphatic rings. The van der Waals surface area contributed by atoms with Gasteiger partial charge in [-0.15, -0.1) is 0 Å². The van der Waals surface area contributed by atoms with Gasteiger partial charge in [0.2, 0.25) is 0 Å². The maximum absolute atomic E-state index is 5.35. The number of hydrogen-bond donors (Lipinski definition) is 0. The molecule has 0 radical (unpaired) electrons. The molecule has 0 atom stereocenters.